The summed E-state index contributed by atoms with van der Waals surface area (Å²) in [6, 6.07) is 6.73. The van der Waals surface area contributed by atoms with Gasteiger partial charge in [0.2, 0.25) is 5.78 Å². The highest BCUT2D eigenvalue weighted by Gasteiger charge is 2.57. The topological polar surface area (TPSA) is 168 Å². The Balaban J connectivity index is 2.03. The number of rotatable bonds is 2. The number of phenolic OH excluding ortho intramolecular Hbond substituents is 2. The van der Waals surface area contributed by atoms with Crippen LogP contribution in [0.25, 0.3) is 0 Å². The number of ketones is 1. The van der Waals surface area contributed by atoms with Gasteiger partial charge < -0.3 is 40.5 Å². The molecule has 0 spiro atoms. The number of phenols is 2. The summed E-state index contributed by atoms with van der Waals surface area (Å²) in [6.45, 7) is 0.908. The van der Waals surface area contributed by atoms with Crippen LogP contribution >= 0.6 is 0 Å². The molecule has 6 atom stereocenters. The number of hydrogen-bond acceptors (Lipinski definition) is 9. The summed E-state index contributed by atoms with van der Waals surface area (Å²) in [6.07, 6.45) is -8.21. The fourth-order valence-electron chi connectivity index (χ4n) is 4.43. The van der Waals surface area contributed by atoms with Crippen LogP contribution in [0.2, 0.25) is 0 Å². The van der Waals surface area contributed by atoms with E-state index in [1.807, 2.05) is 0 Å². The number of aliphatic hydroxyl groups is 5. The van der Waals surface area contributed by atoms with Crippen LogP contribution in [0.15, 0.2) is 30.3 Å². The van der Waals surface area contributed by atoms with Crippen LogP contribution in [0.4, 0.5) is 0 Å². The number of hydrogen-bond donors (Lipinski definition) is 7. The van der Waals surface area contributed by atoms with E-state index in [2.05, 4.69) is 0 Å². The summed E-state index contributed by atoms with van der Waals surface area (Å²) in [4.78, 5) is 13.1. The second-order valence-electron chi connectivity index (χ2n) is 7.75. The molecule has 2 aromatic carbocycles. The first kappa shape index (κ1) is 20.7. The quantitative estimate of drug-likeness (QED) is 0.324. The van der Waals surface area contributed by atoms with Crippen LogP contribution in [0.1, 0.15) is 32.6 Å². The number of aliphatic hydroxyl groups excluding tert-OH is 4. The smallest absolute Gasteiger partial charge is 0.201 e. The van der Waals surface area contributed by atoms with E-state index in [0.29, 0.717) is 5.56 Å². The number of benzene rings is 2. The number of carbonyl (C=O) groups is 1. The van der Waals surface area contributed by atoms with E-state index < -0.39 is 60.0 Å². The molecule has 9 nitrogen and oxygen atoms in total. The van der Waals surface area contributed by atoms with Gasteiger partial charge in [-0.1, -0.05) is 18.2 Å². The lowest BCUT2D eigenvalue weighted by Gasteiger charge is -2.49. The van der Waals surface area contributed by atoms with Gasteiger partial charge in [0.05, 0.1) is 17.7 Å². The van der Waals surface area contributed by atoms with Gasteiger partial charge in [-0.05, 0) is 24.6 Å². The number of carbonyl (C=O) groups excluding carboxylic acids is 1. The van der Waals surface area contributed by atoms with Crippen molar-refractivity contribution in [2.75, 3.05) is 6.61 Å². The number of ether oxygens (including phenoxy) is 1. The summed E-state index contributed by atoms with van der Waals surface area (Å²) in [5, 5.41) is 73.3. The van der Waals surface area contributed by atoms with Crippen molar-refractivity contribution in [2.45, 2.75) is 43.0 Å². The molecule has 1 saturated heterocycles. The van der Waals surface area contributed by atoms with Crippen LogP contribution in [-0.4, -0.2) is 78.7 Å². The summed E-state index contributed by atoms with van der Waals surface area (Å²) < 4.78 is 5.61. The van der Waals surface area contributed by atoms with Gasteiger partial charge in [-0.25, -0.2) is 0 Å². The van der Waals surface area contributed by atoms with E-state index in [9.17, 15) is 40.5 Å². The molecule has 1 aliphatic heterocycles. The maximum Gasteiger partial charge on any atom is 0.201 e. The number of aromatic hydroxyl groups is 2. The van der Waals surface area contributed by atoms with Crippen molar-refractivity contribution in [1.29, 1.82) is 0 Å². The molecule has 2 aliphatic rings. The number of fused-ring (bicyclic) bond motifs is 2. The zero-order valence-corrected chi connectivity index (χ0v) is 15.9. The van der Waals surface area contributed by atoms with Crippen molar-refractivity contribution < 1.29 is 45.3 Å². The first-order chi connectivity index (χ1) is 14.1. The molecule has 30 heavy (non-hydrogen) atoms. The van der Waals surface area contributed by atoms with Crippen molar-refractivity contribution in [1.82, 2.24) is 0 Å². The Morgan fingerprint density at radius 1 is 0.967 bits per heavy atom. The minimum Gasteiger partial charge on any atom is -0.507 e. The average molecular weight is 418 g/mol. The van der Waals surface area contributed by atoms with Crippen LogP contribution in [0, 0.1) is 6.92 Å². The third-order valence-corrected chi connectivity index (χ3v) is 5.88. The van der Waals surface area contributed by atoms with Crippen LogP contribution in [0.5, 0.6) is 11.5 Å². The Labute approximate surface area is 171 Å². The van der Waals surface area contributed by atoms with Crippen molar-refractivity contribution in [3.05, 3.63) is 58.1 Å². The van der Waals surface area contributed by atoms with Crippen molar-refractivity contribution >= 4 is 5.78 Å². The minimum absolute atomic E-state index is 0.0903. The lowest BCUT2D eigenvalue weighted by Crippen LogP contribution is -2.65. The van der Waals surface area contributed by atoms with Gasteiger partial charge in [0.1, 0.15) is 47.6 Å². The van der Waals surface area contributed by atoms with Gasteiger partial charge in [0, 0.05) is 11.1 Å². The van der Waals surface area contributed by atoms with Gasteiger partial charge in [-0.15, -0.1) is 0 Å². The molecule has 0 aromatic heterocycles. The highest BCUT2D eigenvalue weighted by atomic mass is 16.6. The van der Waals surface area contributed by atoms with E-state index in [0.717, 1.165) is 0 Å². The maximum absolute atomic E-state index is 13.1. The zero-order chi connectivity index (χ0) is 22.0. The largest absolute Gasteiger partial charge is 0.507 e. The standard InChI is InChI=1S/C21H22O9/c1-8-5-10-15(12(24)6-8)17(26)14-9(3-2-4-11(14)23)21(10,29)20-19(28)18(27)16(25)13(7-22)30-20/h2-6,13,16,18-20,22-25,27-29H,7H2,1H3/t13-,16-,18+,19-,20-,21+/m1/s1. The third-order valence-electron chi connectivity index (χ3n) is 5.88. The van der Waals surface area contributed by atoms with E-state index in [-0.39, 0.29) is 22.3 Å². The van der Waals surface area contributed by atoms with E-state index in [1.54, 1.807) is 6.92 Å². The van der Waals surface area contributed by atoms with E-state index in [1.165, 1.54) is 30.3 Å². The maximum atomic E-state index is 13.1. The van der Waals surface area contributed by atoms with Crippen LogP contribution in [0.3, 0.4) is 0 Å². The van der Waals surface area contributed by atoms with Crippen molar-refractivity contribution in [3.63, 3.8) is 0 Å². The highest BCUT2D eigenvalue weighted by molar-refractivity contribution is 6.16. The highest BCUT2D eigenvalue weighted by Crippen LogP contribution is 2.50. The molecule has 1 aliphatic carbocycles. The van der Waals surface area contributed by atoms with Crippen molar-refractivity contribution in [3.8, 4) is 11.5 Å². The Kier molecular flexibility index (Phi) is 4.85. The van der Waals surface area contributed by atoms with Crippen molar-refractivity contribution in [2.24, 2.45) is 0 Å². The van der Waals surface area contributed by atoms with Crippen LogP contribution < -0.4 is 0 Å². The molecule has 0 saturated carbocycles. The third kappa shape index (κ3) is 2.68. The predicted octanol–water partition coefficient (Wildman–Crippen LogP) is -0.971. The average Bonchev–Trinajstić information content (AvgIpc) is 2.70. The molecular formula is C21H22O9. The minimum atomic E-state index is -2.31. The summed E-state index contributed by atoms with van der Waals surface area (Å²) in [5.74, 6) is -1.62. The lowest BCUT2D eigenvalue weighted by molar-refractivity contribution is -0.265. The SMILES string of the molecule is Cc1cc(O)c2c(c1)[C@](O)([C@@H]1O[C@H](CO)[C@@H](O)[C@H](O)[C@H]1O)c1cccc(O)c1C2=O. The summed E-state index contributed by atoms with van der Waals surface area (Å²) in [5.41, 5.74) is -2.58. The van der Waals surface area contributed by atoms with Crippen LogP contribution in [-0.2, 0) is 10.3 Å². The zero-order valence-electron chi connectivity index (χ0n) is 15.9. The molecule has 1 heterocycles. The van der Waals surface area contributed by atoms with Gasteiger partial charge in [-0.3, -0.25) is 4.79 Å². The normalized spacial score (nSPS) is 33.1. The Morgan fingerprint density at radius 2 is 1.63 bits per heavy atom. The molecule has 2 aromatic rings. The molecule has 1 fully saturated rings. The van der Waals surface area contributed by atoms with Gasteiger partial charge in [0.25, 0.3) is 0 Å². The molecule has 4 rings (SSSR count). The monoisotopic (exact) mass is 418 g/mol. The van der Waals surface area contributed by atoms with Gasteiger partial charge >= 0.3 is 0 Å². The number of aryl methyl sites for hydroxylation is 1. The fraction of sp³-hybridized carbons (Fsp3) is 0.381. The molecule has 0 radical (unpaired) electrons. The fourth-order valence-corrected chi connectivity index (χ4v) is 4.43. The molecular weight excluding hydrogens is 396 g/mol. The molecule has 0 unspecified atom stereocenters. The molecule has 0 amide bonds. The second-order valence-corrected chi connectivity index (χ2v) is 7.75. The Hall–Kier alpha value is -2.53. The molecule has 9 heteroatoms. The first-order valence-corrected chi connectivity index (χ1v) is 9.37. The lowest BCUT2D eigenvalue weighted by atomic mass is 9.68. The predicted molar refractivity (Wildman–Crippen MR) is 101 cm³/mol. The van der Waals surface area contributed by atoms with Gasteiger partial charge in [-0.2, -0.15) is 0 Å². The molecule has 7 N–H and O–H groups in total. The Morgan fingerprint density at radius 3 is 2.30 bits per heavy atom. The summed E-state index contributed by atoms with van der Waals surface area (Å²) >= 11 is 0. The molecule has 160 valence electrons. The van der Waals surface area contributed by atoms with Gasteiger partial charge in [0.15, 0.2) is 0 Å². The Bertz CT molecular complexity index is 1020. The summed E-state index contributed by atoms with van der Waals surface area (Å²) in [7, 11) is 0. The molecule has 0 bridgehead atoms. The van der Waals surface area contributed by atoms with E-state index in [4.69, 9.17) is 4.74 Å². The first-order valence-electron chi connectivity index (χ1n) is 9.37. The second kappa shape index (κ2) is 7.02. The van der Waals surface area contributed by atoms with E-state index >= 15 is 0 Å².